The number of hydrogen-bond donors (Lipinski definition) is 0. The highest BCUT2D eigenvalue weighted by Crippen LogP contribution is 2.05. The van der Waals surface area contributed by atoms with Crippen LogP contribution in [0.2, 0.25) is 0 Å². The van der Waals surface area contributed by atoms with Gasteiger partial charge >= 0.3 is 0 Å². The number of rotatable bonds is 8. The summed E-state index contributed by atoms with van der Waals surface area (Å²) in [5.41, 5.74) is 0. The zero-order valence-corrected chi connectivity index (χ0v) is 8.64. The van der Waals surface area contributed by atoms with Crippen molar-refractivity contribution in [3.8, 4) is 0 Å². The van der Waals surface area contributed by atoms with Gasteiger partial charge in [-0.1, -0.05) is 39.0 Å². The highest BCUT2D eigenvalue weighted by Gasteiger charge is 1.93. The first-order valence-electron chi connectivity index (χ1n) is 5.18. The van der Waals surface area contributed by atoms with Gasteiger partial charge in [0.15, 0.2) is 0 Å². The molecule has 0 unspecified atom stereocenters. The standard InChI is InChI=1S/C11H23O/c1-4-5-6-7-8-9-10-12-11(2)3/h11H,1,4-10H2,2-3H3. The van der Waals surface area contributed by atoms with Gasteiger partial charge in [0.2, 0.25) is 0 Å². The lowest BCUT2D eigenvalue weighted by molar-refractivity contribution is 0.0757. The van der Waals surface area contributed by atoms with Crippen molar-refractivity contribution >= 4 is 0 Å². The summed E-state index contributed by atoms with van der Waals surface area (Å²) < 4.78 is 5.44. The van der Waals surface area contributed by atoms with E-state index in [0.29, 0.717) is 6.10 Å². The van der Waals surface area contributed by atoms with E-state index in [1.54, 1.807) is 0 Å². The minimum Gasteiger partial charge on any atom is -0.379 e. The summed E-state index contributed by atoms with van der Waals surface area (Å²) in [6.45, 7) is 8.92. The molecule has 0 aromatic rings. The highest BCUT2D eigenvalue weighted by molar-refractivity contribution is 4.46. The van der Waals surface area contributed by atoms with Crippen molar-refractivity contribution in [1.29, 1.82) is 0 Å². The molecule has 1 nitrogen and oxygen atoms in total. The van der Waals surface area contributed by atoms with Crippen LogP contribution in [0.4, 0.5) is 0 Å². The summed E-state index contributed by atoms with van der Waals surface area (Å²) in [4.78, 5) is 0. The molecule has 0 amide bonds. The minimum atomic E-state index is 0.393. The molecule has 0 heterocycles. The third-order valence-corrected chi connectivity index (χ3v) is 1.85. The van der Waals surface area contributed by atoms with Crippen LogP contribution < -0.4 is 0 Å². The Morgan fingerprint density at radius 1 is 1.00 bits per heavy atom. The third kappa shape index (κ3) is 9.96. The predicted molar refractivity (Wildman–Crippen MR) is 54.1 cm³/mol. The monoisotopic (exact) mass is 171 g/mol. The average Bonchev–Trinajstić information content (AvgIpc) is 2.02. The summed E-state index contributed by atoms with van der Waals surface area (Å²) in [5.74, 6) is 0. The molecule has 0 spiro atoms. The summed E-state index contributed by atoms with van der Waals surface area (Å²) in [7, 11) is 0. The second-order valence-corrected chi connectivity index (χ2v) is 3.54. The molecule has 0 aromatic carbocycles. The molecule has 0 N–H and O–H groups in total. The Hall–Kier alpha value is -0.0400. The fraction of sp³-hybridized carbons (Fsp3) is 0.909. The summed E-state index contributed by atoms with van der Waals surface area (Å²) in [5, 5.41) is 0. The van der Waals surface area contributed by atoms with Gasteiger partial charge in [-0.2, -0.15) is 0 Å². The van der Waals surface area contributed by atoms with Crippen LogP contribution in [-0.2, 0) is 4.74 Å². The van der Waals surface area contributed by atoms with E-state index in [0.717, 1.165) is 13.0 Å². The summed E-state index contributed by atoms with van der Waals surface area (Å²) >= 11 is 0. The molecule has 0 saturated heterocycles. The molecule has 1 radical (unpaired) electrons. The molecule has 0 bridgehead atoms. The van der Waals surface area contributed by atoms with E-state index in [9.17, 15) is 0 Å². The van der Waals surface area contributed by atoms with Crippen molar-refractivity contribution < 1.29 is 4.74 Å². The summed E-state index contributed by atoms with van der Waals surface area (Å²) in [6.07, 6.45) is 7.97. The Balaban J connectivity index is 2.82. The molecule has 0 aliphatic carbocycles. The topological polar surface area (TPSA) is 9.23 Å². The first kappa shape index (κ1) is 12.0. The van der Waals surface area contributed by atoms with Gasteiger partial charge in [-0.25, -0.2) is 0 Å². The maximum absolute atomic E-state index is 5.44. The van der Waals surface area contributed by atoms with Crippen LogP contribution in [0.1, 0.15) is 52.4 Å². The van der Waals surface area contributed by atoms with Crippen LogP contribution in [0.25, 0.3) is 0 Å². The lowest BCUT2D eigenvalue weighted by atomic mass is 10.1. The minimum absolute atomic E-state index is 0.393. The molecule has 0 rings (SSSR count). The molecular weight excluding hydrogens is 148 g/mol. The quantitative estimate of drug-likeness (QED) is 0.507. The SMILES string of the molecule is [CH2]CCCCCCCOC(C)C. The fourth-order valence-electron chi connectivity index (χ4n) is 1.13. The van der Waals surface area contributed by atoms with Crippen molar-refractivity contribution in [3.63, 3.8) is 0 Å². The van der Waals surface area contributed by atoms with Crippen LogP contribution >= 0.6 is 0 Å². The number of ether oxygens (including phenoxy) is 1. The normalized spacial score (nSPS) is 11.0. The first-order chi connectivity index (χ1) is 5.77. The molecular formula is C11H23O. The molecule has 12 heavy (non-hydrogen) atoms. The number of unbranched alkanes of at least 4 members (excludes halogenated alkanes) is 5. The van der Waals surface area contributed by atoms with Crippen LogP contribution in [0.3, 0.4) is 0 Å². The third-order valence-electron chi connectivity index (χ3n) is 1.85. The fourth-order valence-corrected chi connectivity index (χ4v) is 1.13. The maximum atomic E-state index is 5.44. The largest absolute Gasteiger partial charge is 0.379 e. The molecule has 0 saturated carbocycles. The van der Waals surface area contributed by atoms with E-state index < -0.39 is 0 Å². The second-order valence-electron chi connectivity index (χ2n) is 3.54. The van der Waals surface area contributed by atoms with Gasteiger partial charge in [-0.15, -0.1) is 0 Å². The Morgan fingerprint density at radius 3 is 2.17 bits per heavy atom. The zero-order valence-electron chi connectivity index (χ0n) is 8.64. The van der Waals surface area contributed by atoms with E-state index in [4.69, 9.17) is 4.74 Å². The van der Waals surface area contributed by atoms with Crippen LogP contribution in [0, 0.1) is 6.92 Å². The lowest BCUT2D eigenvalue weighted by Gasteiger charge is -2.06. The molecule has 0 atom stereocenters. The Labute approximate surface area is 77.5 Å². The van der Waals surface area contributed by atoms with Crippen molar-refractivity contribution in [2.24, 2.45) is 0 Å². The molecule has 0 aliphatic heterocycles. The molecule has 0 aliphatic rings. The molecule has 1 heteroatoms. The highest BCUT2D eigenvalue weighted by atomic mass is 16.5. The van der Waals surface area contributed by atoms with Crippen molar-refractivity contribution in [1.82, 2.24) is 0 Å². The lowest BCUT2D eigenvalue weighted by Crippen LogP contribution is -2.03. The van der Waals surface area contributed by atoms with Crippen LogP contribution in [0.15, 0.2) is 0 Å². The van der Waals surface area contributed by atoms with Crippen LogP contribution in [0.5, 0.6) is 0 Å². The Kier molecular flexibility index (Phi) is 9.02. The first-order valence-corrected chi connectivity index (χ1v) is 5.18. The van der Waals surface area contributed by atoms with Gasteiger partial charge in [-0.05, 0) is 20.3 Å². The zero-order chi connectivity index (χ0) is 9.23. The second kappa shape index (κ2) is 9.05. The van der Waals surface area contributed by atoms with E-state index in [1.165, 1.54) is 32.1 Å². The van der Waals surface area contributed by atoms with Crippen molar-refractivity contribution in [2.75, 3.05) is 6.61 Å². The average molecular weight is 171 g/mol. The van der Waals surface area contributed by atoms with E-state index in [-0.39, 0.29) is 0 Å². The smallest absolute Gasteiger partial charge is 0.0518 e. The van der Waals surface area contributed by atoms with E-state index >= 15 is 0 Å². The Morgan fingerprint density at radius 2 is 1.58 bits per heavy atom. The van der Waals surface area contributed by atoms with E-state index in [1.807, 2.05) is 0 Å². The Bertz CT molecular complexity index is 79.1. The van der Waals surface area contributed by atoms with Gasteiger partial charge in [0.1, 0.15) is 0 Å². The van der Waals surface area contributed by atoms with Gasteiger partial charge in [0, 0.05) is 6.61 Å². The predicted octanol–water partition coefficient (Wildman–Crippen LogP) is 3.59. The van der Waals surface area contributed by atoms with Crippen molar-refractivity contribution in [2.45, 2.75) is 58.5 Å². The molecule has 0 fully saturated rings. The van der Waals surface area contributed by atoms with E-state index in [2.05, 4.69) is 20.8 Å². The maximum Gasteiger partial charge on any atom is 0.0518 e. The van der Waals surface area contributed by atoms with Gasteiger partial charge in [-0.3, -0.25) is 0 Å². The summed E-state index contributed by atoms with van der Waals surface area (Å²) in [6, 6.07) is 0. The van der Waals surface area contributed by atoms with Gasteiger partial charge in [0.05, 0.1) is 6.10 Å². The molecule has 73 valence electrons. The van der Waals surface area contributed by atoms with Gasteiger partial charge < -0.3 is 4.74 Å². The van der Waals surface area contributed by atoms with Crippen molar-refractivity contribution in [3.05, 3.63) is 6.92 Å². The number of hydrogen-bond acceptors (Lipinski definition) is 1. The van der Waals surface area contributed by atoms with Crippen LogP contribution in [-0.4, -0.2) is 12.7 Å². The molecule has 0 aromatic heterocycles. The van der Waals surface area contributed by atoms with Gasteiger partial charge in [0.25, 0.3) is 0 Å².